The lowest BCUT2D eigenvalue weighted by Crippen LogP contribution is -2.28. The van der Waals surface area contributed by atoms with Crippen molar-refractivity contribution in [2.45, 2.75) is 18.9 Å². The number of hydrogen-bond donors (Lipinski definition) is 1. The quantitative estimate of drug-likeness (QED) is 0.647. The Kier molecular flexibility index (Phi) is 3.94. The minimum Gasteiger partial charge on any atom is -0.488 e. The summed E-state index contributed by atoms with van der Waals surface area (Å²) in [4.78, 5) is 21.9. The first kappa shape index (κ1) is 12.6. The molecule has 1 heterocycles. The van der Waals surface area contributed by atoms with Gasteiger partial charge >= 0.3 is 5.97 Å². The van der Waals surface area contributed by atoms with E-state index in [1.807, 2.05) is 0 Å². The van der Waals surface area contributed by atoms with Crippen LogP contribution < -0.4 is 4.74 Å². The van der Waals surface area contributed by atoms with E-state index in [0.717, 1.165) is 19.4 Å². The van der Waals surface area contributed by atoms with Crippen molar-refractivity contribution in [1.29, 1.82) is 0 Å². The van der Waals surface area contributed by atoms with Crippen LogP contribution in [0.25, 0.3) is 0 Å². The number of rotatable bonds is 4. The minimum atomic E-state index is -1.46. The first-order valence-electron chi connectivity index (χ1n) is 5.79. The molecular formula is C13H14O5. The summed E-state index contributed by atoms with van der Waals surface area (Å²) >= 11 is 0. The third-order valence-electron chi connectivity index (χ3n) is 2.71. The highest BCUT2D eigenvalue weighted by molar-refractivity contribution is 6.39. The van der Waals surface area contributed by atoms with E-state index in [4.69, 9.17) is 14.6 Å². The van der Waals surface area contributed by atoms with Crippen LogP contribution in [0, 0.1) is 0 Å². The lowest BCUT2D eigenvalue weighted by molar-refractivity contribution is -0.131. The number of Topliss-reactive ketones (excluding diaryl/α,β-unsaturated/α-hetero) is 1. The molecule has 0 amide bonds. The number of benzene rings is 1. The maximum Gasteiger partial charge on any atom is 0.377 e. The largest absolute Gasteiger partial charge is 0.488 e. The fourth-order valence-electron chi connectivity index (χ4n) is 1.83. The Morgan fingerprint density at radius 2 is 2.22 bits per heavy atom. The summed E-state index contributed by atoms with van der Waals surface area (Å²) in [5.41, 5.74) is 0.122. The molecule has 0 bridgehead atoms. The smallest absolute Gasteiger partial charge is 0.377 e. The van der Waals surface area contributed by atoms with E-state index in [9.17, 15) is 9.59 Å². The maximum atomic E-state index is 11.3. The molecule has 0 saturated carbocycles. The summed E-state index contributed by atoms with van der Waals surface area (Å²) in [5, 5.41) is 8.64. The molecular weight excluding hydrogens is 236 g/mol. The average Bonchev–Trinajstić information content (AvgIpc) is 2.39. The zero-order chi connectivity index (χ0) is 13.0. The predicted octanol–water partition coefficient (Wildman–Crippen LogP) is 1.51. The summed E-state index contributed by atoms with van der Waals surface area (Å²) in [5.74, 6) is -1.90. The summed E-state index contributed by atoms with van der Waals surface area (Å²) in [6, 6.07) is 6.22. The van der Waals surface area contributed by atoms with Crippen molar-refractivity contribution in [3.8, 4) is 5.75 Å². The lowest BCUT2D eigenvalue weighted by atomic mass is 10.1. The van der Waals surface area contributed by atoms with Crippen LogP contribution >= 0.6 is 0 Å². The highest BCUT2D eigenvalue weighted by Gasteiger charge is 2.18. The molecule has 96 valence electrons. The van der Waals surface area contributed by atoms with Crippen LogP contribution in [0.2, 0.25) is 0 Å². The number of aliphatic carboxylic acids is 1. The second-order valence-electron chi connectivity index (χ2n) is 4.12. The SMILES string of the molecule is O=C(O)C(=O)c1cccc(OC2CCCOC2)c1. The molecule has 0 aliphatic carbocycles. The normalized spacial score (nSPS) is 19.2. The number of hydrogen-bond acceptors (Lipinski definition) is 4. The Hall–Kier alpha value is -1.88. The molecule has 18 heavy (non-hydrogen) atoms. The number of ether oxygens (including phenoxy) is 2. The monoisotopic (exact) mass is 250 g/mol. The Bertz CT molecular complexity index is 448. The van der Waals surface area contributed by atoms with E-state index in [1.165, 1.54) is 12.1 Å². The van der Waals surface area contributed by atoms with Gasteiger partial charge in [-0.05, 0) is 25.0 Å². The van der Waals surface area contributed by atoms with Gasteiger partial charge in [0.15, 0.2) is 0 Å². The van der Waals surface area contributed by atoms with Gasteiger partial charge in [0.2, 0.25) is 0 Å². The molecule has 1 N–H and O–H groups in total. The van der Waals surface area contributed by atoms with E-state index in [0.29, 0.717) is 12.4 Å². The van der Waals surface area contributed by atoms with Crippen LogP contribution in [0.15, 0.2) is 24.3 Å². The third kappa shape index (κ3) is 3.07. The molecule has 0 aromatic heterocycles. The molecule has 1 aliphatic rings. The fourth-order valence-corrected chi connectivity index (χ4v) is 1.83. The second-order valence-corrected chi connectivity index (χ2v) is 4.12. The van der Waals surface area contributed by atoms with Crippen LogP contribution in [0.1, 0.15) is 23.2 Å². The Labute approximate surface area is 104 Å². The lowest BCUT2D eigenvalue weighted by Gasteiger charge is -2.23. The molecule has 0 radical (unpaired) electrons. The number of carbonyl (C=O) groups excluding carboxylic acids is 1. The molecule has 1 fully saturated rings. The number of carbonyl (C=O) groups is 2. The topological polar surface area (TPSA) is 72.8 Å². The van der Waals surface area contributed by atoms with Crippen molar-refractivity contribution in [1.82, 2.24) is 0 Å². The fraction of sp³-hybridized carbons (Fsp3) is 0.385. The van der Waals surface area contributed by atoms with Gasteiger partial charge in [-0.3, -0.25) is 4.79 Å². The van der Waals surface area contributed by atoms with Gasteiger partial charge in [-0.15, -0.1) is 0 Å². The van der Waals surface area contributed by atoms with Crippen LogP contribution in [0.4, 0.5) is 0 Å². The molecule has 1 aliphatic heterocycles. The standard InChI is InChI=1S/C13H14O5/c14-12(13(15)16)9-3-1-4-10(7-9)18-11-5-2-6-17-8-11/h1,3-4,7,11H,2,5-6,8H2,(H,15,16). The molecule has 0 spiro atoms. The summed E-state index contributed by atoms with van der Waals surface area (Å²) in [6.45, 7) is 1.27. The van der Waals surface area contributed by atoms with Gasteiger partial charge in [0.05, 0.1) is 6.61 Å². The molecule has 1 atom stereocenters. The Balaban J connectivity index is 2.07. The first-order valence-corrected chi connectivity index (χ1v) is 5.79. The third-order valence-corrected chi connectivity index (χ3v) is 2.71. The second kappa shape index (κ2) is 5.64. The molecule has 1 aromatic rings. The van der Waals surface area contributed by atoms with Crippen molar-refractivity contribution >= 4 is 11.8 Å². The molecule has 2 rings (SSSR count). The molecule has 5 nitrogen and oxygen atoms in total. The van der Waals surface area contributed by atoms with Gasteiger partial charge in [-0.25, -0.2) is 4.79 Å². The first-order chi connectivity index (χ1) is 8.66. The molecule has 1 saturated heterocycles. The number of carboxylic acids is 1. The Morgan fingerprint density at radius 1 is 1.39 bits per heavy atom. The van der Waals surface area contributed by atoms with Gasteiger partial charge in [0, 0.05) is 12.2 Å². The van der Waals surface area contributed by atoms with Crippen molar-refractivity contribution in [3.63, 3.8) is 0 Å². The average molecular weight is 250 g/mol. The van der Waals surface area contributed by atoms with Crippen molar-refractivity contribution in [2.24, 2.45) is 0 Å². The number of ketones is 1. The summed E-state index contributed by atoms with van der Waals surface area (Å²) in [7, 11) is 0. The maximum absolute atomic E-state index is 11.3. The van der Waals surface area contributed by atoms with Crippen molar-refractivity contribution in [2.75, 3.05) is 13.2 Å². The van der Waals surface area contributed by atoms with E-state index in [2.05, 4.69) is 0 Å². The van der Waals surface area contributed by atoms with E-state index >= 15 is 0 Å². The highest BCUT2D eigenvalue weighted by atomic mass is 16.5. The van der Waals surface area contributed by atoms with E-state index < -0.39 is 11.8 Å². The van der Waals surface area contributed by atoms with Gasteiger partial charge < -0.3 is 14.6 Å². The van der Waals surface area contributed by atoms with Gasteiger partial charge in [0.1, 0.15) is 11.9 Å². The molecule has 1 unspecified atom stereocenters. The van der Waals surface area contributed by atoms with Crippen LogP contribution in [0.3, 0.4) is 0 Å². The zero-order valence-corrected chi connectivity index (χ0v) is 9.80. The Morgan fingerprint density at radius 3 is 2.89 bits per heavy atom. The molecule has 5 heteroatoms. The highest BCUT2D eigenvalue weighted by Crippen LogP contribution is 2.19. The van der Waals surface area contributed by atoms with Crippen LogP contribution in [-0.4, -0.2) is 36.2 Å². The van der Waals surface area contributed by atoms with Gasteiger partial charge in [-0.2, -0.15) is 0 Å². The van der Waals surface area contributed by atoms with Gasteiger partial charge in [-0.1, -0.05) is 12.1 Å². The van der Waals surface area contributed by atoms with Crippen molar-refractivity contribution in [3.05, 3.63) is 29.8 Å². The van der Waals surface area contributed by atoms with E-state index in [1.54, 1.807) is 12.1 Å². The van der Waals surface area contributed by atoms with Crippen LogP contribution in [-0.2, 0) is 9.53 Å². The molecule has 1 aromatic carbocycles. The van der Waals surface area contributed by atoms with E-state index in [-0.39, 0.29) is 11.7 Å². The zero-order valence-electron chi connectivity index (χ0n) is 9.80. The minimum absolute atomic E-state index is 0.0334. The predicted molar refractivity (Wildman–Crippen MR) is 62.9 cm³/mol. The van der Waals surface area contributed by atoms with Gasteiger partial charge in [0.25, 0.3) is 5.78 Å². The van der Waals surface area contributed by atoms with Crippen LogP contribution in [0.5, 0.6) is 5.75 Å². The summed E-state index contributed by atoms with van der Waals surface area (Å²) in [6.07, 6.45) is 1.81. The summed E-state index contributed by atoms with van der Waals surface area (Å²) < 4.78 is 10.9. The number of carboxylic acid groups (broad SMARTS) is 1. The van der Waals surface area contributed by atoms with Crippen molar-refractivity contribution < 1.29 is 24.2 Å².